The molecule has 0 bridgehead atoms. The lowest BCUT2D eigenvalue weighted by Gasteiger charge is -2.66. The van der Waals surface area contributed by atoms with Crippen LogP contribution in [0.5, 0.6) is 0 Å². The van der Waals surface area contributed by atoms with Crippen molar-refractivity contribution in [1.82, 2.24) is 0 Å². The number of hydrogen-bond donors (Lipinski definition) is 9. The molecule has 0 unspecified atom stereocenters. The topological polar surface area (TPSA) is 327 Å². The van der Waals surface area contributed by atoms with Crippen molar-refractivity contribution < 1.29 is 112 Å². The maximum atomic E-state index is 13.6. The second kappa shape index (κ2) is 25.5. The lowest BCUT2D eigenvalue weighted by molar-refractivity contribution is -0.357. The number of carbonyl (C=O) groups excluding carboxylic acids is 2. The first-order valence-corrected chi connectivity index (χ1v) is 30.2. The molecule has 84 heavy (non-hydrogen) atoms. The number of hydrogen-bond acceptors (Lipinski definition) is 23. The Morgan fingerprint density at radius 3 is 1.75 bits per heavy atom. The maximum absolute atomic E-state index is 13.6. The molecule has 472 valence electrons. The molecule has 5 aliphatic heterocycles. The molecular formula is C61H90O23. The first-order chi connectivity index (χ1) is 39.8. The molecule has 5 saturated heterocycles. The van der Waals surface area contributed by atoms with E-state index >= 15 is 0 Å². The molecule has 8 fully saturated rings. The van der Waals surface area contributed by atoms with Gasteiger partial charge in [-0.05, 0) is 96.6 Å². The highest BCUT2D eigenvalue weighted by Gasteiger charge is 2.77. The van der Waals surface area contributed by atoms with Gasteiger partial charge in [-0.15, -0.1) is 0 Å². The summed E-state index contributed by atoms with van der Waals surface area (Å²) in [6.07, 6.45) is -14.1. The van der Waals surface area contributed by atoms with E-state index in [0.29, 0.717) is 25.7 Å². The molecule has 23 heteroatoms. The predicted octanol–water partition coefficient (Wildman–Crippen LogP) is 1.98. The molecule has 4 aliphatic carbocycles. The van der Waals surface area contributed by atoms with Crippen LogP contribution in [0.4, 0.5) is 0 Å². The summed E-state index contributed by atoms with van der Waals surface area (Å²) in [6.45, 7) is 11.7. The summed E-state index contributed by atoms with van der Waals surface area (Å²) in [6, 6.07) is 9.37. The molecule has 1 aromatic carbocycles. The fourth-order valence-electron chi connectivity index (χ4n) is 15.9. The number of esters is 1. The van der Waals surface area contributed by atoms with E-state index in [4.69, 9.17) is 56.8 Å². The second-order valence-corrected chi connectivity index (χ2v) is 25.7. The normalized spacial score (nSPS) is 49.7. The van der Waals surface area contributed by atoms with Crippen LogP contribution in [-0.2, 0) is 66.4 Å². The minimum absolute atomic E-state index is 0.00505. The highest BCUT2D eigenvalue weighted by Crippen LogP contribution is 2.70. The van der Waals surface area contributed by atoms with Crippen LogP contribution in [0.15, 0.2) is 48.1 Å². The molecule has 5 heterocycles. The summed E-state index contributed by atoms with van der Waals surface area (Å²) in [4.78, 5) is 26.8. The molecule has 0 aromatic heterocycles. The molecule has 1 aromatic rings. The molecule has 9 N–H and O–H groups in total. The van der Waals surface area contributed by atoms with Gasteiger partial charge in [0.2, 0.25) is 0 Å². The lowest BCUT2D eigenvalue weighted by Crippen LogP contribution is -2.75. The van der Waals surface area contributed by atoms with Crippen LogP contribution in [-0.4, -0.2) is 224 Å². The fraction of sp³-hybridized carbons (Fsp3) is 0.803. The largest absolute Gasteiger partial charge is 0.458 e. The number of Topliss-reactive ketones (excluding diaryl/α,β-unsaturated/α-hetero) is 1. The van der Waals surface area contributed by atoms with Crippen LogP contribution < -0.4 is 0 Å². The third-order valence-corrected chi connectivity index (χ3v) is 20.6. The monoisotopic (exact) mass is 1190 g/mol. The molecule has 9 aliphatic rings. The summed E-state index contributed by atoms with van der Waals surface area (Å²) < 4.78 is 73.9. The number of ketones is 1. The Bertz CT molecular complexity index is 2450. The van der Waals surface area contributed by atoms with Crippen LogP contribution in [0.1, 0.15) is 125 Å². The van der Waals surface area contributed by atoms with E-state index in [2.05, 4.69) is 6.92 Å². The van der Waals surface area contributed by atoms with Gasteiger partial charge >= 0.3 is 5.97 Å². The number of fused-ring (bicyclic) bond motifs is 5. The molecule has 23 nitrogen and oxygen atoms in total. The van der Waals surface area contributed by atoms with Crippen molar-refractivity contribution in [3.63, 3.8) is 0 Å². The Kier molecular flexibility index (Phi) is 19.4. The quantitative estimate of drug-likeness (QED) is 0.0649. The first kappa shape index (κ1) is 64.0. The highest BCUT2D eigenvalue weighted by atomic mass is 16.8. The smallest absolute Gasteiger partial charge is 0.331 e. The van der Waals surface area contributed by atoms with E-state index in [9.17, 15) is 55.5 Å². The Labute approximate surface area is 490 Å². The van der Waals surface area contributed by atoms with Crippen molar-refractivity contribution in [3.8, 4) is 0 Å². The van der Waals surface area contributed by atoms with Gasteiger partial charge < -0.3 is 103 Å². The SMILES string of the molecule is CO[C@@H]1C[C@H](O[C@H]2[C@@H](O)C[C@H](O[C@H]3[C@@H](O)C[C@H](O[C@H]4[C@@H](O)C[C@H](O[C@H]5CC[C@@]6(C)C(=CC[C@]7(O)[C@@H]6C[C@@H](OC(=O)/C=C/c6ccccc6)[C@]6(C)[C@H](C(C)=O)CC[C@@]67O)C5)O[C@@H]4C)O[C@@H]3C)O[C@@H]2C)O[C@H](C)[C@H]1O[C@@H]1O[C@H](CO)[C@@H](O)[C@H](O)[C@H]1O. The van der Waals surface area contributed by atoms with Crippen molar-refractivity contribution in [2.45, 2.75) is 272 Å². The van der Waals surface area contributed by atoms with E-state index in [0.717, 1.165) is 11.1 Å². The fourth-order valence-corrected chi connectivity index (χ4v) is 15.9. The van der Waals surface area contributed by atoms with Crippen molar-refractivity contribution in [2.75, 3.05) is 13.7 Å². The van der Waals surface area contributed by atoms with Crippen LogP contribution in [0.3, 0.4) is 0 Å². The zero-order valence-electron chi connectivity index (χ0n) is 49.3. The summed E-state index contributed by atoms with van der Waals surface area (Å²) in [5.74, 6) is -1.83. The minimum atomic E-state index is -1.72. The van der Waals surface area contributed by atoms with Crippen LogP contribution in [0.25, 0.3) is 6.08 Å². The number of aliphatic hydroxyl groups is 9. The van der Waals surface area contributed by atoms with Crippen molar-refractivity contribution >= 4 is 17.8 Å². The maximum Gasteiger partial charge on any atom is 0.331 e. The number of methoxy groups -OCH3 is 1. The van der Waals surface area contributed by atoms with E-state index in [1.165, 1.54) is 20.1 Å². The number of benzene rings is 1. The predicted molar refractivity (Wildman–Crippen MR) is 292 cm³/mol. The summed E-state index contributed by atoms with van der Waals surface area (Å²) >= 11 is 0. The minimum Gasteiger partial charge on any atom is -0.458 e. The lowest BCUT2D eigenvalue weighted by atomic mass is 9.43. The average molecular weight is 1190 g/mol. The van der Waals surface area contributed by atoms with Gasteiger partial charge in [-0.1, -0.05) is 55.8 Å². The Morgan fingerprint density at radius 2 is 1.21 bits per heavy atom. The van der Waals surface area contributed by atoms with Gasteiger partial charge in [0.15, 0.2) is 31.5 Å². The van der Waals surface area contributed by atoms with Gasteiger partial charge in [-0.25, -0.2) is 4.79 Å². The highest BCUT2D eigenvalue weighted by molar-refractivity contribution is 5.87. The van der Waals surface area contributed by atoms with Gasteiger partial charge in [0.1, 0.15) is 71.9 Å². The van der Waals surface area contributed by atoms with Crippen molar-refractivity contribution in [2.24, 2.45) is 22.7 Å². The Balaban J connectivity index is 0.694. The first-order valence-electron chi connectivity index (χ1n) is 30.2. The van der Waals surface area contributed by atoms with Gasteiger partial charge in [0, 0.05) is 56.1 Å². The Morgan fingerprint density at radius 1 is 0.667 bits per heavy atom. The number of aliphatic hydroxyl groups excluding tert-OH is 7. The zero-order chi connectivity index (χ0) is 60.4. The van der Waals surface area contributed by atoms with E-state index in [-0.39, 0.29) is 56.8 Å². The standard InChI is InChI=1S/C61H90O23/c1-29(63)37-18-21-61(72)59(37,7)44(80-45(67)15-14-34-12-10-9-11-13-34)27-43-58(6)19-17-36(22-35(58)16-20-60(43,61)71)78-46-23-38(64)53(30(2)74-46)81-47-24-39(65)54(31(3)75-47)82-48-25-40(66)55(32(4)76-48)83-49-26-41(73-8)56(33(5)77-49)84-57-52(70)51(69)50(68)42(28-62)79-57/h9-16,30-33,36-44,46-57,62,64-66,68-72H,17-28H2,1-8H3/b15-14+/t30-,31-,32-,33-,36+,37+,38+,39+,40+,41-,42-,43-,44-,46+,47+,48+,49+,50-,51+,52-,53-,54-,55-,56-,57+,58+,59+,60+,61-/m1/s1. The molecule has 0 spiro atoms. The number of rotatable bonds is 16. The summed E-state index contributed by atoms with van der Waals surface area (Å²) in [5, 5.41) is 101. The third kappa shape index (κ3) is 12.0. The van der Waals surface area contributed by atoms with Crippen molar-refractivity contribution in [1.29, 1.82) is 0 Å². The third-order valence-electron chi connectivity index (χ3n) is 20.6. The van der Waals surface area contributed by atoms with Gasteiger partial charge in [-0.3, -0.25) is 4.79 Å². The van der Waals surface area contributed by atoms with E-state index in [1.807, 2.05) is 36.4 Å². The molecule has 3 saturated carbocycles. The van der Waals surface area contributed by atoms with Crippen LogP contribution in [0.2, 0.25) is 0 Å². The number of carbonyl (C=O) groups is 2. The molecule has 29 atom stereocenters. The average Bonchev–Trinajstić information content (AvgIpc) is 1.29. The zero-order valence-corrected chi connectivity index (χ0v) is 49.3. The number of ether oxygens (including phenoxy) is 12. The molecular weight excluding hydrogens is 1100 g/mol. The molecule has 0 amide bonds. The molecule has 10 rings (SSSR count). The Hall–Kier alpha value is -2.96. The van der Waals surface area contributed by atoms with Crippen LogP contribution >= 0.6 is 0 Å². The second-order valence-electron chi connectivity index (χ2n) is 25.7. The van der Waals surface area contributed by atoms with Crippen molar-refractivity contribution in [3.05, 3.63) is 53.6 Å². The molecule has 0 radical (unpaired) electrons. The van der Waals surface area contributed by atoms with Gasteiger partial charge in [0.05, 0.1) is 61.5 Å². The van der Waals surface area contributed by atoms with Gasteiger partial charge in [0.25, 0.3) is 0 Å². The van der Waals surface area contributed by atoms with E-state index < -0.39 is 182 Å². The summed E-state index contributed by atoms with van der Waals surface area (Å²) in [5.41, 5.74) is -3.28. The van der Waals surface area contributed by atoms with Gasteiger partial charge in [-0.2, -0.15) is 0 Å². The summed E-state index contributed by atoms with van der Waals surface area (Å²) in [7, 11) is 1.46. The van der Waals surface area contributed by atoms with E-state index in [1.54, 1.807) is 40.7 Å². The van der Waals surface area contributed by atoms with Crippen LogP contribution in [0, 0.1) is 22.7 Å².